The van der Waals surface area contributed by atoms with E-state index in [0.717, 1.165) is 37.1 Å². The summed E-state index contributed by atoms with van der Waals surface area (Å²) in [5, 5.41) is 13.2. The molecule has 3 unspecified atom stereocenters. The van der Waals surface area contributed by atoms with Crippen molar-refractivity contribution in [3.63, 3.8) is 0 Å². The highest BCUT2D eigenvalue weighted by atomic mass is 16.3. The normalized spacial score (nSPS) is 33.6. The van der Waals surface area contributed by atoms with Crippen molar-refractivity contribution in [1.29, 1.82) is 0 Å². The van der Waals surface area contributed by atoms with Crippen LogP contribution < -0.4 is 5.32 Å². The molecule has 0 aromatic carbocycles. The summed E-state index contributed by atoms with van der Waals surface area (Å²) < 4.78 is 0. The maximum Gasteiger partial charge on any atom is 0.0613 e. The van der Waals surface area contributed by atoms with Crippen molar-refractivity contribution in [1.82, 2.24) is 5.32 Å². The molecule has 2 nitrogen and oxygen atoms in total. The van der Waals surface area contributed by atoms with E-state index in [0.29, 0.717) is 0 Å². The lowest BCUT2D eigenvalue weighted by Gasteiger charge is -2.34. The Bertz CT molecular complexity index is 217. The fourth-order valence-corrected chi connectivity index (χ4v) is 3.75. The van der Waals surface area contributed by atoms with E-state index >= 15 is 0 Å². The summed E-state index contributed by atoms with van der Waals surface area (Å²) in [5.74, 6) is 2.91. The number of fused-ring (bicyclic) bond motifs is 2. The molecule has 0 spiro atoms. The summed E-state index contributed by atoms with van der Waals surface area (Å²) >= 11 is 0. The van der Waals surface area contributed by atoms with Crippen LogP contribution in [0.1, 0.15) is 52.4 Å². The van der Waals surface area contributed by atoms with Gasteiger partial charge in [-0.15, -0.1) is 0 Å². The Morgan fingerprint density at radius 3 is 2.38 bits per heavy atom. The maximum atomic E-state index is 9.52. The topological polar surface area (TPSA) is 32.3 Å². The molecular formula is C14H27NO. The molecule has 94 valence electrons. The molecular weight excluding hydrogens is 198 g/mol. The monoisotopic (exact) mass is 225 g/mol. The average molecular weight is 225 g/mol. The number of nitrogens with one attached hydrogen (secondary N) is 1. The molecule has 2 heteroatoms. The fourth-order valence-electron chi connectivity index (χ4n) is 3.75. The zero-order chi connectivity index (χ0) is 11.6. The van der Waals surface area contributed by atoms with Gasteiger partial charge in [-0.3, -0.25) is 0 Å². The maximum absolute atomic E-state index is 9.52. The van der Waals surface area contributed by atoms with Gasteiger partial charge in [-0.1, -0.05) is 20.3 Å². The van der Waals surface area contributed by atoms with Crippen LogP contribution in [0.15, 0.2) is 0 Å². The molecule has 0 aromatic rings. The first kappa shape index (κ1) is 12.4. The van der Waals surface area contributed by atoms with Crippen LogP contribution in [-0.4, -0.2) is 23.8 Å². The minimum atomic E-state index is -0.0121. The largest absolute Gasteiger partial charge is 0.394 e. The van der Waals surface area contributed by atoms with Crippen molar-refractivity contribution in [2.24, 2.45) is 17.8 Å². The molecule has 2 bridgehead atoms. The molecule has 2 rings (SSSR count). The highest BCUT2D eigenvalue weighted by Gasteiger charge is 2.40. The molecule has 2 aliphatic rings. The van der Waals surface area contributed by atoms with Gasteiger partial charge in [-0.25, -0.2) is 0 Å². The third-order valence-electron chi connectivity index (χ3n) is 5.28. The lowest BCUT2D eigenvalue weighted by Crippen LogP contribution is -2.49. The van der Waals surface area contributed by atoms with Crippen LogP contribution in [0.5, 0.6) is 0 Å². The second-order valence-corrected chi connectivity index (χ2v) is 5.96. The van der Waals surface area contributed by atoms with Gasteiger partial charge in [0.25, 0.3) is 0 Å². The molecule has 0 amide bonds. The van der Waals surface area contributed by atoms with Gasteiger partial charge in [0, 0.05) is 5.54 Å². The van der Waals surface area contributed by atoms with Gasteiger partial charge >= 0.3 is 0 Å². The molecule has 0 saturated heterocycles. The summed E-state index contributed by atoms with van der Waals surface area (Å²) in [4.78, 5) is 0. The number of hydrogen-bond acceptors (Lipinski definition) is 2. The van der Waals surface area contributed by atoms with Crippen LogP contribution in [-0.2, 0) is 0 Å². The summed E-state index contributed by atoms with van der Waals surface area (Å²) in [6.07, 6.45) is 7.92. The predicted molar refractivity (Wildman–Crippen MR) is 67.3 cm³/mol. The van der Waals surface area contributed by atoms with E-state index < -0.39 is 0 Å². The smallest absolute Gasteiger partial charge is 0.0613 e. The van der Waals surface area contributed by atoms with E-state index in [9.17, 15) is 5.11 Å². The van der Waals surface area contributed by atoms with Crippen molar-refractivity contribution in [3.8, 4) is 0 Å². The van der Waals surface area contributed by atoms with Crippen LogP contribution in [0.2, 0.25) is 0 Å². The quantitative estimate of drug-likeness (QED) is 0.728. The van der Waals surface area contributed by atoms with Crippen molar-refractivity contribution < 1.29 is 5.11 Å². The first-order valence-electron chi connectivity index (χ1n) is 7.09. The van der Waals surface area contributed by atoms with Crippen LogP contribution in [0.4, 0.5) is 0 Å². The molecule has 2 saturated carbocycles. The van der Waals surface area contributed by atoms with Gasteiger partial charge in [0.2, 0.25) is 0 Å². The second-order valence-electron chi connectivity index (χ2n) is 5.96. The van der Waals surface area contributed by atoms with E-state index in [4.69, 9.17) is 0 Å². The van der Waals surface area contributed by atoms with E-state index in [1.165, 1.54) is 25.7 Å². The molecule has 0 aromatic heterocycles. The predicted octanol–water partition coefficient (Wildman–Crippen LogP) is 2.56. The zero-order valence-corrected chi connectivity index (χ0v) is 10.8. The van der Waals surface area contributed by atoms with E-state index in [2.05, 4.69) is 19.2 Å². The molecule has 0 heterocycles. The number of aliphatic hydroxyl groups is 1. The number of rotatable bonds is 6. The Kier molecular flexibility index (Phi) is 3.91. The SMILES string of the molecule is CCC(CC)(CO)NCC1CC2CCC1C2. The van der Waals surface area contributed by atoms with Gasteiger partial charge in [-0.05, 0) is 56.4 Å². The summed E-state index contributed by atoms with van der Waals surface area (Å²) in [6, 6.07) is 0. The van der Waals surface area contributed by atoms with Gasteiger partial charge in [0.1, 0.15) is 0 Å². The molecule has 16 heavy (non-hydrogen) atoms. The molecule has 0 aliphatic heterocycles. The molecule has 0 radical (unpaired) electrons. The molecule has 2 N–H and O–H groups in total. The second kappa shape index (κ2) is 5.05. The van der Waals surface area contributed by atoms with E-state index in [-0.39, 0.29) is 12.1 Å². The van der Waals surface area contributed by atoms with E-state index in [1.807, 2.05) is 0 Å². The zero-order valence-electron chi connectivity index (χ0n) is 10.8. The number of aliphatic hydroxyl groups excluding tert-OH is 1. The Morgan fingerprint density at radius 1 is 1.19 bits per heavy atom. The van der Waals surface area contributed by atoms with E-state index in [1.54, 1.807) is 0 Å². The Hall–Kier alpha value is -0.0800. The van der Waals surface area contributed by atoms with Crippen LogP contribution in [0, 0.1) is 17.8 Å². The molecule has 3 atom stereocenters. The minimum Gasteiger partial charge on any atom is -0.394 e. The minimum absolute atomic E-state index is 0.0121. The fraction of sp³-hybridized carbons (Fsp3) is 1.00. The summed E-state index contributed by atoms with van der Waals surface area (Å²) in [6.45, 7) is 5.76. The summed E-state index contributed by atoms with van der Waals surface area (Å²) in [5.41, 5.74) is -0.0121. The summed E-state index contributed by atoms with van der Waals surface area (Å²) in [7, 11) is 0. The lowest BCUT2D eigenvalue weighted by atomic mass is 9.87. The van der Waals surface area contributed by atoms with Gasteiger partial charge in [0.05, 0.1) is 6.61 Å². The van der Waals surface area contributed by atoms with Crippen molar-refractivity contribution in [2.75, 3.05) is 13.2 Å². The Balaban J connectivity index is 1.82. The first-order valence-corrected chi connectivity index (χ1v) is 7.09. The van der Waals surface area contributed by atoms with Crippen molar-refractivity contribution in [2.45, 2.75) is 57.9 Å². The molecule has 2 fully saturated rings. The van der Waals surface area contributed by atoms with Crippen LogP contribution >= 0.6 is 0 Å². The Morgan fingerprint density at radius 2 is 1.94 bits per heavy atom. The third kappa shape index (κ3) is 2.28. The van der Waals surface area contributed by atoms with Crippen molar-refractivity contribution in [3.05, 3.63) is 0 Å². The standard InChI is InChI=1S/C14H27NO/c1-3-14(4-2,10-16)15-9-13-8-11-5-6-12(13)7-11/h11-13,15-16H,3-10H2,1-2H3. The highest BCUT2D eigenvalue weighted by molar-refractivity contribution is 4.93. The van der Waals surface area contributed by atoms with Crippen LogP contribution in [0.25, 0.3) is 0 Å². The Labute approximate surface area is 99.8 Å². The first-order chi connectivity index (χ1) is 7.73. The van der Waals surface area contributed by atoms with Gasteiger partial charge < -0.3 is 10.4 Å². The lowest BCUT2D eigenvalue weighted by molar-refractivity contribution is 0.139. The number of hydrogen-bond donors (Lipinski definition) is 2. The van der Waals surface area contributed by atoms with Crippen molar-refractivity contribution >= 4 is 0 Å². The van der Waals surface area contributed by atoms with Crippen LogP contribution in [0.3, 0.4) is 0 Å². The highest BCUT2D eigenvalue weighted by Crippen LogP contribution is 2.48. The average Bonchev–Trinajstić information content (AvgIpc) is 2.93. The van der Waals surface area contributed by atoms with Gasteiger partial charge in [-0.2, -0.15) is 0 Å². The molecule has 2 aliphatic carbocycles. The third-order valence-corrected chi connectivity index (χ3v) is 5.28. The van der Waals surface area contributed by atoms with Gasteiger partial charge in [0.15, 0.2) is 0 Å².